The van der Waals surface area contributed by atoms with Crippen LogP contribution in [0.2, 0.25) is 0 Å². The molecule has 0 fully saturated rings. The average molecular weight is 226 g/mol. The molecule has 1 aromatic carbocycles. The van der Waals surface area contributed by atoms with E-state index in [-0.39, 0.29) is 6.61 Å². The first kappa shape index (κ1) is 10.4. The average Bonchev–Trinajstić information content (AvgIpc) is 2.86. The van der Waals surface area contributed by atoms with E-state index in [2.05, 4.69) is 28.2 Å². The first-order valence-corrected chi connectivity index (χ1v) is 5.92. The zero-order valence-corrected chi connectivity index (χ0v) is 9.56. The Balaban J connectivity index is 2.03. The van der Waals surface area contributed by atoms with Crippen LogP contribution in [0.15, 0.2) is 30.5 Å². The van der Waals surface area contributed by atoms with E-state index in [0.29, 0.717) is 5.82 Å². The zero-order valence-electron chi connectivity index (χ0n) is 9.56. The molecule has 0 unspecified atom stereocenters. The number of nitrogens with zero attached hydrogens (tertiary/aromatic N) is 2. The van der Waals surface area contributed by atoms with Crippen molar-refractivity contribution in [2.45, 2.75) is 25.9 Å². The molecule has 1 N–H and O–H groups in total. The zero-order chi connectivity index (χ0) is 11.7. The van der Waals surface area contributed by atoms with Gasteiger partial charge in [0.25, 0.3) is 0 Å². The molecule has 2 aromatic rings. The van der Waals surface area contributed by atoms with Crippen LogP contribution in [0.25, 0.3) is 11.3 Å². The van der Waals surface area contributed by atoms with E-state index < -0.39 is 0 Å². The minimum Gasteiger partial charge on any atom is -0.388 e. The van der Waals surface area contributed by atoms with Gasteiger partial charge in [0, 0.05) is 11.8 Å². The molecule has 3 heteroatoms. The van der Waals surface area contributed by atoms with Crippen LogP contribution in [-0.2, 0) is 19.4 Å². The first-order valence-electron chi connectivity index (χ1n) is 5.92. The molecule has 0 atom stereocenters. The molecule has 1 heterocycles. The SMILES string of the molecule is OCc1nccc(-c2ccc3c(c2)CCC3)n1. The summed E-state index contributed by atoms with van der Waals surface area (Å²) >= 11 is 0. The Bertz CT molecular complexity index is 552. The lowest BCUT2D eigenvalue weighted by Gasteiger charge is -2.05. The first-order chi connectivity index (χ1) is 8.36. The Morgan fingerprint density at radius 1 is 1.12 bits per heavy atom. The summed E-state index contributed by atoms with van der Waals surface area (Å²) in [6.45, 7) is -0.112. The van der Waals surface area contributed by atoms with Gasteiger partial charge in [-0.1, -0.05) is 12.1 Å². The molecule has 0 amide bonds. The summed E-state index contributed by atoms with van der Waals surface area (Å²) in [6.07, 6.45) is 5.31. The fourth-order valence-corrected chi connectivity index (χ4v) is 2.37. The summed E-state index contributed by atoms with van der Waals surface area (Å²) < 4.78 is 0. The third kappa shape index (κ3) is 1.94. The molecule has 1 aromatic heterocycles. The highest BCUT2D eigenvalue weighted by atomic mass is 16.3. The smallest absolute Gasteiger partial charge is 0.154 e. The summed E-state index contributed by atoms with van der Waals surface area (Å²) in [5.41, 5.74) is 4.90. The summed E-state index contributed by atoms with van der Waals surface area (Å²) in [7, 11) is 0. The molecule has 0 saturated carbocycles. The van der Waals surface area contributed by atoms with E-state index in [0.717, 1.165) is 11.3 Å². The molecule has 1 aliphatic rings. The van der Waals surface area contributed by atoms with Crippen LogP contribution in [0, 0.1) is 0 Å². The van der Waals surface area contributed by atoms with Crippen molar-refractivity contribution in [2.24, 2.45) is 0 Å². The molecule has 0 spiro atoms. The van der Waals surface area contributed by atoms with Crippen molar-refractivity contribution in [1.29, 1.82) is 0 Å². The summed E-state index contributed by atoms with van der Waals surface area (Å²) in [6, 6.07) is 8.40. The lowest BCUT2D eigenvalue weighted by atomic mass is 10.0. The van der Waals surface area contributed by atoms with Crippen molar-refractivity contribution in [1.82, 2.24) is 9.97 Å². The number of rotatable bonds is 2. The summed E-state index contributed by atoms with van der Waals surface area (Å²) in [5.74, 6) is 0.475. The number of hydrogen-bond acceptors (Lipinski definition) is 3. The van der Waals surface area contributed by atoms with E-state index in [1.165, 1.54) is 30.4 Å². The van der Waals surface area contributed by atoms with Crippen molar-refractivity contribution >= 4 is 0 Å². The molecular formula is C14H14N2O. The van der Waals surface area contributed by atoms with Crippen LogP contribution in [0.3, 0.4) is 0 Å². The van der Waals surface area contributed by atoms with Crippen LogP contribution in [0.1, 0.15) is 23.4 Å². The van der Waals surface area contributed by atoms with Gasteiger partial charge in [0.15, 0.2) is 5.82 Å². The Labute approximate surface area is 100 Å². The minimum absolute atomic E-state index is 0.112. The normalized spacial score (nSPS) is 13.7. The molecular weight excluding hydrogens is 212 g/mol. The van der Waals surface area contributed by atoms with Crippen molar-refractivity contribution in [2.75, 3.05) is 0 Å². The second kappa shape index (κ2) is 4.26. The van der Waals surface area contributed by atoms with Crippen molar-refractivity contribution in [3.8, 4) is 11.3 Å². The minimum atomic E-state index is -0.112. The number of hydrogen-bond donors (Lipinski definition) is 1. The third-order valence-electron chi connectivity index (χ3n) is 3.24. The molecule has 3 rings (SSSR count). The fraction of sp³-hybridized carbons (Fsp3) is 0.286. The van der Waals surface area contributed by atoms with Crippen molar-refractivity contribution in [3.05, 3.63) is 47.4 Å². The third-order valence-corrected chi connectivity index (χ3v) is 3.24. The highest BCUT2D eigenvalue weighted by molar-refractivity contribution is 5.61. The van der Waals surface area contributed by atoms with Crippen LogP contribution < -0.4 is 0 Å². The van der Waals surface area contributed by atoms with Gasteiger partial charge in [-0.3, -0.25) is 0 Å². The largest absolute Gasteiger partial charge is 0.388 e. The van der Waals surface area contributed by atoms with Gasteiger partial charge in [-0.2, -0.15) is 0 Å². The van der Waals surface area contributed by atoms with Gasteiger partial charge < -0.3 is 5.11 Å². The molecule has 0 radical (unpaired) electrons. The van der Waals surface area contributed by atoms with Gasteiger partial charge in [0.1, 0.15) is 6.61 Å². The van der Waals surface area contributed by atoms with E-state index in [4.69, 9.17) is 5.11 Å². The predicted molar refractivity (Wildman–Crippen MR) is 65.4 cm³/mol. The monoisotopic (exact) mass is 226 g/mol. The maximum Gasteiger partial charge on any atom is 0.154 e. The summed E-state index contributed by atoms with van der Waals surface area (Å²) in [5, 5.41) is 9.04. The van der Waals surface area contributed by atoms with Gasteiger partial charge in [-0.15, -0.1) is 0 Å². The van der Waals surface area contributed by atoms with Gasteiger partial charge in [0.05, 0.1) is 5.69 Å². The number of aliphatic hydroxyl groups is 1. The van der Waals surface area contributed by atoms with Crippen molar-refractivity contribution < 1.29 is 5.11 Å². The Morgan fingerprint density at radius 3 is 2.88 bits per heavy atom. The number of aromatic nitrogens is 2. The molecule has 0 saturated heterocycles. The maximum absolute atomic E-state index is 9.04. The van der Waals surface area contributed by atoms with Crippen LogP contribution in [-0.4, -0.2) is 15.1 Å². The molecule has 0 aliphatic heterocycles. The quantitative estimate of drug-likeness (QED) is 0.853. The van der Waals surface area contributed by atoms with Gasteiger partial charge in [0.2, 0.25) is 0 Å². The standard InChI is InChI=1S/C14H14N2O/c17-9-14-15-7-6-13(16-14)12-5-4-10-2-1-3-11(10)8-12/h4-8,17H,1-3,9H2. The van der Waals surface area contributed by atoms with Crippen molar-refractivity contribution in [3.63, 3.8) is 0 Å². The highest BCUT2D eigenvalue weighted by Crippen LogP contribution is 2.26. The number of aryl methyl sites for hydroxylation is 2. The molecule has 0 bridgehead atoms. The number of benzene rings is 1. The Hall–Kier alpha value is -1.74. The van der Waals surface area contributed by atoms with Crippen LogP contribution in [0.5, 0.6) is 0 Å². The lowest BCUT2D eigenvalue weighted by Crippen LogP contribution is -1.95. The maximum atomic E-state index is 9.04. The van der Waals surface area contributed by atoms with E-state index in [1.807, 2.05) is 6.07 Å². The van der Waals surface area contributed by atoms with Gasteiger partial charge in [-0.05, 0) is 42.5 Å². The number of fused-ring (bicyclic) bond motifs is 1. The van der Waals surface area contributed by atoms with Gasteiger partial charge in [-0.25, -0.2) is 9.97 Å². The van der Waals surface area contributed by atoms with E-state index in [1.54, 1.807) is 6.20 Å². The molecule has 3 nitrogen and oxygen atoms in total. The Kier molecular flexibility index (Phi) is 2.61. The predicted octanol–water partition coefficient (Wildman–Crippen LogP) is 2.12. The molecule has 86 valence electrons. The molecule has 1 aliphatic carbocycles. The van der Waals surface area contributed by atoms with E-state index >= 15 is 0 Å². The molecule has 17 heavy (non-hydrogen) atoms. The number of aliphatic hydroxyl groups excluding tert-OH is 1. The fourth-order valence-electron chi connectivity index (χ4n) is 2.37. The second-order valence-corrected chi connectivity index (χ2v) is 4.35. The van der Waals surface area contributed by atoms with Crippen LogP contribution >= 0.6 is 0 Å². The Morgan fingerprint density at radius 2 is 2.00 bits per heavy atom. The lowest BCUT2D eigenvalue weighted by molar-refractivity contribution is 0.271. The van der Waals surface area contributed by atoms with E-state index in [9.17, 15) is 0 Å². The topological polar surface area (TPSA) is 46.0 Å². The summed E-state index contributed by atoms with van der Waals surface area (Å²) in [4.78, 5) is 8.32. The van der Waals surface area contributed by atoms with Gasteiger partial charge >= 0.3 is 0 Å². The highest BCUT2D eigenvalue weighted by Gasteiger charge is 2.12. The van der Waals surface area contributed by atoms with Crippen LogP contribution in [0.4, 0.5) is 0 Å². The second-order valence-electron chi connectivity index (χ2n) is 4.35.